The SMILES string of the molecule is [CH2]c1ccc(C(F)(F)P(=O)(O)O)c(Br)c1. The van der Waals surface area contributed by atoms with Gasteiger partial charge in [0.2, 0.25) is 0 Å². The van der Waals surface area contributed by atoms with Crippen LogP contribution >= 0.6 is 23.5 Å². The van der Waals surface area contributed by atoms with E-state index in [-0.39, 0.29) is 4.47 Å². The molecule has 0 aliphatic heterocycles. The van der Waals surface area contributed by atoms with Crippen molar-refractivity contribution < 1.29 is 23.1 Å². The summed E-state index contributed by atoms with van der Waals surface area (Å²) in [7, 11) is -5.52. The monoisotopic (exact) mass is 299 g/mol. The Morgan fingerprint density at radius 1 is 1.40 bits per heavy atom. The van der Waals surface area contributed by atoms with Gasteiger partial charge in [0.25, 0.3) is 0 Å². The van der Waals surface area contributed by atoms with Gasteiger partial charge in [0, 0.05) is 10.0 Å². The molecule has 1 radical (unpaired) electrons. The Kier molecular flexibility index (Phi) is 3.36. The molecule has 0 saturated carbocycles. The molecule has 0 bridgehead atoms. The molecule has 0 unspecified atom stereocenters. The zero-order valence-electron chi connectivity index (χ0n) is 7.32. The Bertz CT molecular complexity index is 430. The summed E-state index contributed by atoms with van der Waals surface area (Å²) in [6.07, 6.45) is 0. The molecule has 1 aromatic carbocycles. The summed E-state index contributed by atoms with van der Waals surface area (Å²) in [6.45, 7) is 3.50. The summed E-state index contributed by atoms with van der Waals surface area (Å²) in [5.41, 5.74) is -4.48. The summed E-state index contributed by atoms with van der Waals surface area (Å²) in [6, 6.07) is 3.45. The van der Waals surface area contributed by atoms with Crippen LogP contribution in [0, 0.1) is 6.92 Å². The average Bonchev–Trinajstić information content (AvgIpc) is 2.00. The standard InChI is InChI=1S/C8H7BrF2O3P/c1-5-2-3-6(7(9)4-5)8(10,11)15(12,13)14/h2-4H,1H2,(H2,12,13,14). The fourth-order valence-corrected chi connectivity index (χ4v) is 2.30. The number of hydrogen-bond acceptors (Lipinski definition) is 1. The van der Waals surface area contributed by atoms with Crippen LogP contribution < -0.4 is 0 Å². The van der Waals surface area contributed by atoms with E-state index in [4.69, 9.17) is 9.79 Å². The molecule has 1 rings (SSSR count). The summed E-state index contributed by atoms with van der Waals surface area (Å²) >= 11 is 2.81. The van der Waals surface area contributed by atoms with Crippen LogP contribution in [-0.2, 0) is 10.2 Å². The Labute approximate surface area is 93.4 Å². The van der Waals surface area contributed by atoms with Gasteiger partial charge in [0.15, 0.2) is 0 Å². The van der Waals surface area contributed by atoms with Gasteiger partial charge in [-0.15, -0.1) is 0 Å². The molecule has 0 atom stereocenters. The molecule has 0 saturated heterocycles. The molecular formula is C8H7BrF2O3P. The lowest BCUT2D eigenvalue weighted by molar-refractivity contribution is 0.0557. The lowest BCUT2D eigenvalue weighted by Gasteiger charge is -2.19. The topological polar surface area (TPSA) is 57.5 Å². The molecule has 3 nitrogen and oxygen atoms in total. The van der Waals surface area contributed by atoms with E-state index in [1.54, 1.807) is 0 Å². The van der Waals surface area contributed by atoms with Crippen molar-refractivity contribution in [1.82, 2.24) is 0 Å². The smallest absolute Gasteiger partial charge is 0.320 e. The molecule has 0 aliphatic carbocycles. The maximum absolute atomic E-state index is 13.2. The van der Waals surface area contributed by atoms with Gasteiger partial charge in [-0.25, -0.2) is 0 Å². The zero-order valence-corrected chi connectivity index (χ0v) is 9.80. The molecule has 0 heterocycles. The van der Waals surface area contributed by atoms with Gasteiger partial charge in [0.1, 0.15) is 0 Å². The minimum atomic E-state index is -5.52. The van der Waals surface area contributed by atoms with Crippen molar-refractivity contribution in [2.75, 3.05) is 0 Å². The van der Waals surface area contributed by atoms with Crippen molar-refractivity contribution in [3.63, 3.8) is 0 Å². The molecule has 0 aliphatic rings. The van der Waals surface area contributed by atoms with E-state index in [1.165, 1.54) is 12.1 Å². The molecule has 7 heteroatoms. The molecule has 0 spiro atoms. The van der Waals surface area contributed by atoms with Crippen LogP contribution in [0.4, 0.5) is 8.78 Å². The van der Waals surface area contributed by atoms with Gasteiger partial charge in [-0.2, -0.15) is 8.78 Å². The number of alkyl halides is 2. The normalized spacial score (nSPS) is 12.9. The number of benzene rings is 1. The lowest BCUT2D eigenvalue weighted by Crippen LogP contribution is -2.14. The largest absolute Gasteiger partial charge is 0.399 e. The van der Waals surface area contributed by atoms with E-state index in [2.05, 4.69) is 22.9 Å². The summed E-state index contributed by atoms with van der Waals surface area (Å²) < 4.78 is 37.0. The number of hydrogen-bond donors (Lipinski definition) is 2. The first-order chi connectivity index (χ1) is 6.66. The van der Waals surface area contributed by atoms with Crippen LogP contribution in [0.3, 0.4) is 0 Å². The first kappa shape index (κ1) is 12.8. The fourth-order valence-electron chi connectivity index (χ4n) is 0.959. The van der Waals surface area contributed by atoms with Crippen molar-refractivity contribution in [2.24, 2.45) is 0 Å². The van der Waals surface area contributed by atoms with E-state index in [9.17, 15) is 13.3 Å². The third-order valence-corrected chi connectivity index (χ3v) is 3.35. The zero-order chi connectivity index (χ0) is 11.9. The molecule has 0 aromatic heterocycles. The van der Waals surface area contributed by atoms with Gasteiger partial charge in [-0.3, -0.25) is 4.57 Å². The minimum Gasteiger partial charge on any atom is -0.320 e. The second kappa shape index (κ2) is 3.94. The first-order valence-electron chi connectivity index (χ1n) is 3.71. The van der Waals surface area contributed by atoms with Crippen LogP contribution in [0.2, 0.25) is 0 Å². The Hall–Kier alpha value is -0.290. The minimum absolute atomic E-state index is 0.0803. The maximum Gasteiger partial charge on any atom is 0.399 e. The molecule has 0 amide bonds. The molecule has 83 valence electrons. The Morgan fingerprint density at radius 2 is 1.93 bits per heavy atom. The molecule has 0 fully saturated rings. The van der Waals surface area contributed by atoms with Crippen molar-refractivity contribution >= 4 is 23.5 Å². The third kappa shape index (κ3) is 2.45. The maximum atomic E-state index is 13.2. The Balaban J connectivity index is 3.34. The van der Waals surface area contributed by atoms with Gasteiger partial charge in [-0.05, 0) is 18.6 Å². The summed E-state index contributed by atoms with van der Waals surface area (Å²) in [5, 5.41) is 0. The quantitative estimate of drug-likeness (QED) is 0.826. The van der Waals surface area contributed by atoms with E-state index in [0.717, 1.165) is 6.07 Å². The number of rotatable bonds is 2. The van der Waals surface area contributed by atoms with Gasteiger partial charge in [-0.1, -0.05) is 28.1 Å². The molecule has 2 N–H and O–H groups in total. The van der Waals surface area contributed by atoms with Crippen molar-refractivity contribution in [3.05, 3.63) is 40.7 Å². The van der Waals surface area contributed by atoms with Crippen LogP contribution in [0.5, 0.6) is 0 Å². The second-order valence-electron chi connectivity index (χ2n) is 2.90. The van der Waals surface area contributed by atoms with Crippen LogP contribution in [0.25, 0.3) is 0 Å². The highest BCUT2D eigenvalue weighted by molar-refractivity contribution is 9.10. The lowest BCUT2D eigenvalue weighted by atomic mass is 10.1. The van der Waals surface area contributed by atoms with E-state index in [1.807, 2.05) is 0 Å². The predicted octanol–water partition coefficient (Wildman–Crippen LogP) is 2.86. The van der Waals surface area contributed by atoms with Gasteiger partial charge in [0.05, 0.1) is 0 Å². The molecule has 1 aromatic rings. The number of halogens is 3. The highest BCUT2D eigenvalue weighted by atomic mass is 79.9. The van der Waals surface area contributed by atoms with Crippen molar-refractivity contribution in [2.45, 2.75) is 5.66 Å². The van der Waals surface area contributed by atoms with Crippen molar-refractivity contribution in [3.8, 4) is 0 Å². The highest BCUT2D eigenvalue weighted by Crippen LogP contribution is 2.60. The van der Waals surface area contributed by atoms with Crippen LogP contribution in [0.1, 0.15) is 11.1 Å². The van der Waals surface area contributed by atoms with Crippen LogP contribution in [0.15, 0.2) is 22.7 Å². The van der Waals surface area contributed by atoms with Crippen LogP contribution in [-0.4, -0.2) is 9.79 Å². The average molecular weight is 300 g/mol. The summed E-state index contributed by atoms with van der Waals surface area (Å²) in [5.74, 6) is 0. The summed E-state index contributed by atoms with van der Waals surface area (Å²) in [4.78, 5) is 17.0. The van der Waals surface area contributed by atoms with E-state index < -0.39 is 18.8 Å². The van der Waals surface area contributed by atoms with Gasteiger partial charge >= 0.3 is 13.3 Å². The van der Waals surface area contributed by atoms with Crippen molar-refractivity contribution in [1.29, 1.82) is 0 Å². The Morgan fingerprint density at radius 3 is 2.33 bits per heavy atom. The first-order valence-corrected chi connectivity index (χ1v) is 6.12. The van der Waals surface area contributed by atoms with E-state index in [0.29, 0.717) is 5.56 Å². The third-order valence-electron chi connectivity index (χ3n) is 1.72. The highest BCUT2D eigenvalue weighted by Gasteiger charge is 2.51. The second-order valence-corrected chi connectivity index (χ2v) is 5.40. The molecular weight excluding hydrogens is 293 g/mol. The van der Waals surface area contributed by atoms with E-state index >= 15 is 0 Å². The van der Waals surface area contributed by atoms with Gasteiger partial charge < -0.3 is 9.79 Å². The predicted molar refractivity (Wildman–Crippen MR) is 54.5 cm³/mol. The fraction of sp³-hybridized carbons (Fsp3) is 0.125. The molecule has 15 heavy (non-hydrogen) atoms.